The molecule has 0 radical (unpaired) electrons. The lowest BCUT2D eigenvalue weighted by molar-refractivity contribution is -0.137. The summed E-state index contributed by atoms with van der Waals surface area (Å²) in [7, 11) is 1.51. The van der Waals surface area contributed by atoms with Crippen LogP contribution in [0.3, 0.4) is 0 Å². The molecule has 2 aromatic rings. The Bertz CT molecular complexity index is 779. The number of hydrogen-bond acceptors (Lipinski definition) is 4. The Kier molecular flexibility index (Phi) is 5.51. The minimum atomic E-state index is -1.03. The number of carboxylic acids is 1. The summed E-state index contributed by atoms with van der Waals surface area (Å²) in [6.07, 6.45) is -0.961. The summed E-state index contributed by atoms with van der Waals surface area (Å²) >= 11 is 0. The van der Waals surface area contributed by atoms with Crippen molar-refractivity contribution in [3.8, 4) is 5.75 Å². The average Bonchev–Trinajstić information content (AvgIpc) is 2.50. The second-order valence-corrected chi connectivity index (χ2v) is 6.70. The number of fused-ring (bicyclic) bond motifs is 1. The van der Waals surface area contributed by atoms with Gasteiger partial charge in [0.15, 0.2) is 0 Å². The smallest absolute Gasteiger partial charge is 0.408 e. The number of amides is 1. The first-order valence-corrected chi connectivity index (χ1v) is 7.98. The van der Waals surface area contributed by atoms with Gasteiger partial charge >= 0.3 is 12.1 Å². The Labute approximate surface area is 146 Å². The van der Waals surface area contributed by atoms with E-state index in [0.29, 0.717) is 11.3 Å². The van der Waals surface area contributed by atoms with Crippen LogP contribution in [0.25, 0.3) is 10.8 Å². The zero-order chi connectivity index (χ0) is 18.6. The van der Waals surface area contributed by atoms with E-state index in [1.165, 1.54) is 7.11 Å². The van der Waals surface area contributed by atoms with Gasteiger partial charge in [-0.05, 0) is 37.6 Å². The van der Waals surface area contributed by atoms with E-state index in [-0.39, 0.29) is 6.42 Å². The van der Waals surface area contributed by atoms with E-state index in [1.807, 2.05) is 30.3 Å². The van der Waals surface area contributed by atoms with Crippen LogP contribution in [0.5, 0.6) is 5.75 Å². The molecule has 0 bridgehead atoms. The molecular formula is C19H23NO5. The van der Waals surface area contributed by atoms with Crippen molar-refractivity contribution in [2.45, 2.75) is 38.8 Å². The van der Waals surface area contributed by atoms with Gasteiger partial charge in [0.1, 0.15) is 11.4 Å². The number of rotatable bonds is 5. The molecule has 0 saturated carbocycles. The molecule has 0 aliphatic rings. The van der Waals surface area contributed by atoms with Crippen molar-refractivity contribution in [1.82, 2.24) is 5.32 Å². The van der Waals surface area contributed by atoms with Crippen LogP contribution in [0.2, 0.25) is 0 Å². The highest BCUT2D eigenvalue weighted by atomic mass is 16.6. The summed E-state index contributed by atoms with van der Waals surface area (Å²) in [5.41, 5.74) is -0.0605. The zero-order valence-electron chi connectivity index (χ0n) is 14.8. The number of ether oxygens (including phenoxy) is 2. The van der Waals surface area contributed by atoms with Crippen LogP contribution in [-0.2, 0) is 9.53 Å². The molecule has 134 valence electrons. The maximum absolute atomic E-state index is 12.2. The van der Waals surface area contributed by atoms with Gasteiger partial charge in [-0.2, -0.15) is 0 Å². The summed E-state index contributed by atoms with van der Waals surface area (Å²) in [6.45, 7) is 5.24. The van der Waals surface area contributed by atoms with Gasteiger partial charge in [-0.1, -0.05) is 30.3 Å². The van der Waals surface area contributed by atoms with Crippen LogP contribution < -0.4 is 10.1 Å². The number of alkyl carbamates (subject to hydrolysis) is 1. The van der Waals surface area contributed by atoms with E-state index >= 15 is 0 Å². The number of carbonyl (C=O) groups is 2. The highest BCUT2D eigenvalue weighted by molar-refractivity contribution is 5.89. The van der Waals surface area contributed by atoms with Gasteiger partial charge in [0, 0.05) is 5.56 Å². The minimum Gasteiger partial charge on any atom is -0.496 e. The van der Waals surface area contributed by atoms with Gasteiger partial charge in [0.25, 0.3) is 0 Å². The van der Waals surface area contributed by atoms with Crippen LogP contribution in [0.15, 0.2) is 36.4 Å². The van der Waals surface area contributed by atoms with Gasteiger partial charge in [-0.3, -0.25) is 4.79 Å². The van der Waals surface area contributed by atoms with Crippen LogP contribution >= 0.6 is 0 Å². The summed E-state index contributed by atoms with van der Waals surface area (Å²) in [6, 6.07) is 10.4. The molecule has 2 rings (SSSR count). The number of hydrogen-bond donors (Lipinski definition) is 2. The third kappa shape index (κ3) is 4.86. The number of nitrogens with one attached hydrogen (secondary N) is 1. The molecule has 0 aliphatic carbocycles. The van der Waals surface area contributed by atoms with Crippen LogP contribution in [-0.4, -0.2) is 29.9 Å². The Morgan fingerprint density at radius 3 is 2.44 bits per heavy atom. The molecule has 1 atom stereocenters. The third-order valence-electron chi connectivity index (χ3n) is 3.57. The lowest BCUT2D eigenvalue weighted by atomic mass is 9.95. The Balaban J connectivity index is 2.48. The molecule has 0 saturated heterocycles. The van der Waals surface area contributed by atoms with Crippen molar-refractivity contribution in [2.75, 3.05) is 7.11 Å². The number of carboxylic acid groups (broad SMARTS) is 1. The van der Waals surface area contributed by atoms with Gasteiger partial charge in [-0.15, -0.1) is 0 Å². The molecule has 0 heterocycles. The first-order chi connectivity index (χ1) is 11.7. The third-order valence-corrected chi connectivity index (χ3v) is 3.57. The van der Waals surface area contributed by atoms with Crippen molar-refractivity contribution >= 4 is 22.8 Å². The molecule has 6 heteroatoms. The van der Waals surface area contributed by atoms with E-state index in [9.17, 15) is 14.7 Å². The highest BCUT2D eigenvalue weighted by Crippen LogP contribution is 2.34. The molecular weight excluding hydrogens is 322 g/mol. The van der Waals surface area contributed by atoms with Gasteiger partial charge in [0.05, 0.1) is 19.6 Å². The molecule has 0 aliphatic heterocycles. The zero-order valence-corrected chi connectivity index (χ0v) is 14.8. The normalized spacial score (nSPS) is 12.5. The van der Waals surface area contributed by atoms with Gasteiger partial charge < -0.3 is 19.9 Å². The fourth-order valence-electron chi connectivity index (χ4n) is 2.66. The van der Waals surface area contributed by atoms with Crippen LogP contribution in [0.4, 0.5) is 4.79 Å². The topological polar surface area (TPSA) is 84.9 Å². The van der Waals surface area contributed by atoms with Crippen molar-refractivity contribution in [1.29, 1.82) is 0 Å². The van der Waals surface area contributed by atoms with Crippen molar-refractivity contribution in [2.24, 2.45) is 0 Å². The molecule has 6 nitrogen and oxygen atoms in total. The maximum Gasteiger partial charge on any atom is 0.408 e. The lowest BCUT2D eigenvalue weighted by Gasteiger charge is -2.25. The van der Waals surface area contributed by atoms with E-state index < -0.39 is 23.7 Å². The number of benzene rings is 2. The SMILES string of the molecule is COc1ccc2ccccc2c1[C@H](CC(=O)O)NC(=O)OC(C)(C)C. The summed E-state index contributed by atoms with van der Waals surface area (Å²) in [5, 5.41) is 13.7. The second kappa shape index (κ2) is 7.42. The van der Waals surface area contributed by atoms with E-state index in [2.05, 4.69) is 5.32 Å². The van der Waals surface area contributed by atoms with Gasteiger partial charge in [-0.25, -0.2) is 4.79 Å². The molecule has 25 heavy (non-hydrogen) atoms. The first kappa shape index (κ1) is 18.6. The predicted molar refractivity (Wildman–Crippen MR) is 94.9 cm³/mol. The van der Waals surface area contributed by atoms with Crippen molar-refractivity contribution in [3.63, 3.8) is 0 Å². The van der Waals surface area contributed by atoms with E-state index in [4.69, 9.17) is 9.47 Å². The molecule has 0 fully saturated rings. The van der Waals surface area contributed by atoms with Crippen LogP contribution in [0, 0.1) is 0 Å². The Morgan fingerprint density at radius 2 is 1.84 bits per heavy atom. The van der Waals surface area contributed by atoms with Crippen molar-refractivity contribution < 1.29 is 24.2 Å². The average molecular weight is 345 g/mol. The largest absolute Gasteiger partial charge is 0.496 e. The molecule has 0 spiro atoms. The minimum absolute atomic E-state index is 0.288. The molecule has 0 aromatic heterocycles. The first-order valence-electron chi connectivity index (χ1n) is 7.98. The van der Waals surface area contributed by atoms with Crippen molar-refractivity contribution in [3.05, 3.63) is 42.0 Å². The number of aliphatic carboxylic acids is 1. The summed E-state index contributed by atoms with van der Waals surface area (Å²) in [5.74, 6) is -0.517. The molecule has 0 unspecified atom stereocenters. The predicted octanol–water partition coefficient (Wildman–Crippen LogP) is 3.89. The molecule has 2 N–H and O–H groups in total. The highest BCUT2D eigenvalue weighted by Gasteiger charge is 2.26. The van der Waals surface area contributed by atoms with Gasteiger partial charge in [0.2, 0.25) is 0 Å². The Morgan fingerprint density at radius 1 is 1.16 bits per heavy atom. The van der Waals surface area contributed by atoms with Crippen LogP contribution in [0.1, 0.15) is 38.8 Å². The second-order valence-electron chi connectivity index (χ2n) is 6.70. The summed E-state index contributed by atoms with van der Waals surface area (Å²) in [4.78, 5) is 23.5. The lowest BCUT2D eigenvalue weighted by Crippen LogP contribution is -2.36. The maximum atomic E-state index is 12.2. The number of carbonyl (C=O) groups excluding carboxylic acids is 1. The monoisotopic (exact) mass is 345 g/mol. The van der Waals surface area contributed by atoms with E-state index in [0.717, 1.165) is 10.8 Å². The number of methoxy groups -OCH3 is 1. The Hall–Kier alpha value is -2.76. The fourth-order valence-corrected chi connectivity index (χ4v) is 2.66. The van der Waals surface area contributed by atoms with E-state index in [1.54, 1.807) is 26.8 Å². The quantitative estimate of drug-likeness (QED) is 0.859. The molecule has 2 aromatic carbocycles. The molecule has 1 amide bonds. The standard InChI is InChI=1S/C19H23NO5/c1-19(2,3)25-18(23)20-14(11-16(21)22)17-13-8-6-5-7-12(13)9-10-15(17)24-4/h5-10,14H,11H2,1-4H3,(H,20,23)(H,21,22)/t14-/m0/s1. The fraction of sp³-hybridized carbons (Fsp3) is 0.368. The summed E-state index contributed by atoms with van der Waals surface area (Å²) < 4.78 is 10.7.